The van der Waals surface area contributed by atoms with Crippen LogP contribution in [0.15, 0.2) is 41.4 Å². The van der Waals surface area contributed by atoms with Crippen LogP contribution in [0.25, 0.3) is 0 Å². The van der Waals surface area contributed by atoms with Gasteiger partial charge < -0.3 is 15.8 Å². The maximum absolute atomic E-state index is 12.9. The fourth-order valence-electron chi connectivity index (χ4n) is 4.34. The number of nitrogen functional groups attached to an aromatic ring is 1. The van der Waals surface area contributed by atoms with Crippen LogP contribution >= 0.6 is 11.6 Å². The number of aliphatic imine (C=N–C) groups is 1. The summed E-state index contributed by atoms with van der Waals surface area (Å²) < 4.78 is 32.7. The highest BCUT2D eigenvalue weighted by molar-refractivity contribution is 7.92. The van der Waals surface area contributed by atoms with Crippen molar-refractivity contribution in [2.45, 2.75) is 31.6 Å². The molecule has 8 nitrogen and oxygen atoms in total. The first kappa shape index (κ1) is 25.5. The van der Waals surface area contributed by atoms with E-state index in [2.05, 4.69) is 10.3 Å². The van der Waals surface area contributed by atoms with E-state index < -0.39 is 10.0 Å². The van der Waals surface area contributed by atoms with Crippen LogP contribution < -0.4 is 15.4 Å². The Morgan fingerprint density at radius 3 is 2.40 bits per heavy atom. The van der Waals surface area contributed by atoms with Gasteiger partial charge in [0.2, 0.25) is 10.0 Å². The van der Waals surface area contributed by atoms with Gasteiger partial charge in [0.15, 0.2) is 0 Å². The van der Waals surface area contributed by atoms with Gasteiger partial charge in [-0.15, -0.1) is 0 Å². The maximum atomic E-state index is 12.9. The summed E-state index contributed by atoms with van der Waals surface area (Å²) in [6, 6.07) is 10.4. The van der Waals surface area contributed by atoms with E-state index in [1.54, 1.807) is 30.3 Å². The van der Waals surface area contributed by atoms with Crippen LogP contribution in [0.3, 0.4) is 0 Å². The number of benzene rings is 2. The van der Waals surface area contributed by atoms with Crippen LogP contribution in [0, 0.1) is 5.92 Å². The lowest BCUT2D eigenvalue weighted by Gasteiger charge is -2.31. The zero-order valence-corrected chi connectivity index (χ0v) is 21.5. The normalized spacial score (nSPS) is 17.3. The lowest BCUT2D eigenvalue weighted by molar-refractivity contribution is -0.114. The van der Waals surface area contributed by atoms with E-state index in [9.17, 15) is 13.2 Å². The third-order valence-corrected chi connectivity index (χ3v) is 7.81. The van der Waals surface area contributed by atoms with Gasteiger partial charge in [-0.05, 0) is 79.5 Å². The Hall–Kier alpha value is -2.62. The van der Waals surface area contributed by atoms with Gasteiger partial charge >= 0.3 is 0 Å². The van der Waals surface area contributed by atoms with Crippen LogP contribution in [-0.4, -0.2) is 53.1 Å². The number of anilines is 2. The number of carbonyl (C=O) groups is 1. The van der Waals surface area contributed by atoms with Gasteiger partial charge in [0, 0.05) is 43.1 Å². The monoisotopic (exact) mass is 518 g/mol. The topological polar surface area (TPSA) is 114 Å². The van der Waals surface area contributed by atoms with Crippen molar-refractivity contribution >= 4 is 50.3 Å². The summed E-state index contributed by atoms with van der Waals surface area (Å²) in [6.07, 6.45) is 4.76. The molecule has 188 valence electrons. The van der Waals surface area contributed by atoms with E-state index in [1.807, 2.05) is 6.07 Å². The lowest BCUT2D eigenvalue weighted by atomic mass is 9.97. The predicted octanol–water partition coefficient (Wildman–Crippen LogP) is 3.86. The molecule has 1 saturated carbocycles. The molecule has 1 aliphatic carbocycles. The summed E-state index contributed by atoms with van der Waals surface area (Å²) >= 11 is 5.99. The Bertz CT molecular complexity index is 1220. The number of hydrogen-bond acceptors (Lipinski definition) is 6. The number of sulfonamides is 1. The lowest BCUT2D eigenvalue weighted by Crippen LogP contribution is -2.37. The van der Waals surface area contributed by atoms with Gasteiger partial charge in [-0.1, -0.05) is 11.6 Å². The molecule has 0 radical (unpaired) electrons. The van der Waals surface area contributed by atoms with Gasteiger partial charge in [0.1, 0.15) is 5.71 Å². The van der Waals surface area contributed by atoms with Crippen LogP contribution in [0.1, 0.15) is 42.7 Å². The number of carbonyl (C=O) groups excluding carboxylic acids is 1. The zero-order valence-electron chi connectivity index (χ0n) is 20.0. The number of hydrogen-bond donors (Lipinski definition) is 2. The molecule has 2 aromatic rings. The molecule has 3 N–H and O–H groups in total. The first-order valence-electron chi connectivity index (χ1n) is 11.7. The molecule has 1 heterocycles. The molecule has 1 amide bonds. The highest BCUT2D eigenvalue weighted by atomic mass is 35.5. The second-order valence-corrected chi connectivity index (χ2v) is 11.5. The molecular formula is C25H31ClN4O4S. The third-order valence-electron chi connectivity index (χ3n) is 6.41. The summed E-state index contributed by atoms with van der Waals surface area (Å²) in [5.41, 5.74) is 9.43. The van der Waals surface area contributed by atoms with Gasteiger partial charge in [-0.3, -0.25) is 9.10 Å². The average molecular weight is 519 g/mol. The molecule has 4 rings (SSSR count). The van der Waals surface area contributed by atoms with Crippen LogP contribution in [-0.2, 0) is 19.6 Å². The minimum atomic E-state index is -3.55. The van der Waals surface area contributed by atoms with Gasteiger partial charge in [-0.25, -0.2) is 13.4 Å². The smallest absolute Gasteiger partial charge is 0.270 e. The Morgan fingerprint density at radius 1 is 1.17 bits per heavy atom. The summed E-state index contributed by atoms with van der Waals surface area (Å²) in [5, 5.41) is 3.20. The fraction of sp³-hybridized carbons (Fsp3) is 0.440. The highest BCUT2D eigenvalue weighted by Gasteiger charge is 2.33. The Labute approximate surface area is 211 Å². The zero-order chi connectivity index (χ0) is 25.2. The Balaban J connectivity index is 1.80. The number of nitrogens with zero attached hydrogens (tertiary/aromatic N) is 2. The van der Waals surface area contributed by atoms with Crippen molar-refractivity contribution in [3.8, 4) is 0 Å². The minimum absolute atomic E-state index is 0.163. The van der Waals surface area contributed by atoms with E-state index in [4.69, 9.17) is 22.1 Å². The second-order valence-electron chi connectivity index (χ2n) is 9.14. The third kappa shape index (κ3) is 6.15. The van der Waals surface area contributed by atoms with Gasteiger partial charge in [0.25, 0.3) is 5.91 Å². The number of nitrogens with two attached hydrogens (primary N) is 1. The van der Waals surface area contributed by atoms with E-state index in [0.717, 1.165) is 31.2 Å². The molecule has 2 aromatic carbocycles. The number of likely N-dealkylation sites (N-methyl/N-ethyl adjacent to an activating group) is 1. The molecule has 1 aliphatic heterocycles. The maximum Gasteiger partial charge on any atom is 0.270 e. The van der Waals surface area contributed by atoms with Crippen LogP contribution in [0.2, 0.25) is 5.02 Å². The minimum Gasteiger partial charge on any atom is -0.398 e. The first-order valence-corrected chi connectivity index (χ1v) is 14.0. The van der Waals surface area contributed by atoms with E-state index in [-0.39, 0.29) is 23.5 Å². The summed E-state index contributed by atoms with van der Waals surface area (Å²) in [7, 11) is -2.02. The molecule has 2 aliphatic rings. The van der Waals surface area contributed by atoms with E-state index in [1.165, 1.54) is 17.6 Å². The molecule has 35 heavy (non-hydrogen) atoms. The number of amides is 1. The SMILES string of the molecule is CNC(=O)C(=Nc1ccc(Cl)cc1)c1cc(C2CC2)c(N(CC2CCOCC2)S(C)(=O)=O)cc1N. The molecule has 0 atom stereocenters. The Morgan fingerprint density at radius 2 is 1.83 bits per heavy atom. The summed E-state index contributed by atoms with van der Waals surface area (Å²) in [5.74, 6) is 0.0346. The van der Waals surface area contributed by atoms with E-state index >= 15 is 0 Å². The van der Waals surface area contributed by atoms with Crippen molar-refractivity contribution in [3.05, 3.63) is 52.5 Å². The van der Waals surface area contributed by atoms with Crippen LogP contribution in [0.5, 0.6) is 0 Å². The van der Waals surface area contributed by atoms with Crippen molar-refractivity contribution < 1.29 is 17.9 Å². The molecule has 10 heteroatoms. The first-order chi connectivity index (χ1) is 16.7. The molecule has 0 spiro atoms. The Kier molecular flexibility index (Phi) is 7.68. The van der Waals surface area contributed by atoms with Crippen molar-refractivity contribution in [2.24, 2.45) is 10.9 Å². The summed E-state index contributed by atoms with van der Waals surface area (Å²) in [6.45, 7) is 1.65. The second kappa shape index (κ2) is 10.6. The molecule has 0 aromatic heterocycles. The van der Waals surface area contributed by atoms with Crippen LogP contribution in [0.4, 0.5) is 17.1 Å². The summed E-state index contributed by atoms with van der Waals surface area (Å²) in [4.78, 5) is 17.4. The predicted molar refractivity (Wildman–Crippen MR) is 140 cm³/mol. The van der Waals surface area contributed by atoms with Gasteiger partial charge in [0.05, 0.1) is 17.6 Å². The standard InChI is InChI=1S/C25H31ClN4O4S/c1-28-25(31)24(29-19-7-5-18(26)6-8-19)21-13-20(17-3-4-17)23(14-22(21)27)30(35(2,32)33)15-16-9-11-34-12-10-16/h5-8,13-14,16-17H,3-4,9-12,15,27H2,1-2H3,(H,28,31). The van der Waals surface area contributed by atoms with Gasteiger partial charge in [-0.2, -0.15) is 0 Å². The van der Waals surface area contributed by atoms with Crippen molar-refractivity contribution in [1.82, 2.24) is 5.32 Å². The number of rotatable bonds is 8. The molecule has 2 fully saturated rings. The molecule has 1 saturated heterocycles. The molecule has 0 bridgehead atoms. The van der Waals surface area contributed by atoms with Crippen molar-refractivity contribution in [3.63, 3.8) is 0 Å². The quantitative estimate of drug-likeness (QED) is 0.407. The fourth-order valence-corrected chi connectivity index (χ4v) is 5.46. The highest BCUT2D eigenvalue weighted by Crippen LogP contribution is 2.46. The number of ether oxygens (including phenoxy) is 1. The average Bonchev–Trinajstić information content (AvgIpc) is 3.67. The van der Waals surface area contributed by atoms with Crippen molar-refractivity contribution in [2.75, 3.05) is 43.1 Å². The largest absolute Gasteiger partial charge is 0.398 e. The molecular weight excluding hydrogens is 488 g/mol. The molecule has 0 unspecified atom stereocenters. The van der Waals surface area contributed by atoms with E-state index in [0.29, 0.717) is 47.4 Å². The number of halogens is 1. The van der Waals surface area contributed by atoms with Crippen molar-refractivity contribution in [1.29, 1.82) is 0 Å². The number of nitrogens with one attached hydrogen (secondary N) is 1.